The molecule has 2 atom stereocenters. The van der Waals surface area contributed by atoms with E-state index in [0.717, 1.165) is 18.6 Å². The molecular formula is C20H20N2O2. The number of hydrogen-bond donors (Lipinski definition) is 1. The summed E-state index contributed by atoms with van der Waals surface area (Å²) in [5.74, 6) is 2.17. The average Bonchev–Trinajstić information content (AvgIpc) is 3.14. The van der Waals surface area contributed by atoms with Crippen LogP contribution in [0.5, 0.6) is 0 Å². The normalized spacial score (nSPS) is 19.6. The molecule has 1 amide bonds. The van der Waals surface area contributed by atoms with Crippen LogP contribution in [0.1, 0.15) is 43.3 Å². The van der Waals surface area contributed by atoms with E-state index >= 15 is 0 Å². The minimum absolute atomic E-state index is 0.0271. The van der Waals surface area contributed by atoms with E-state index in [1.54, 1.807) is 6.07 Å². The molecule has 1 aromatic heterocycles. The lowest BCUT2D eigenvalue weighted by Crippen LogP contribution is -2.13. The highest BCUT2D eigenvalue weighted by molar-refractivity contribution is 6.09. The number of nitriles is 1. The zero-order valence-electron chi connectivity index (χ0n) is 13.9. The van der Waals surface area contributed by atoms with Crippen LogP contribution >= 0.6 is 0 Å². The molecule has 1 fully saturated rings. The maximum absolute atomic E-state index is 12.3. The van der Waals surface area contributed by atoms with Crippen LogP contribution in [0, 0.1) is 17.2 Å². The number of nitrogens with one attached hydrogen (secondary N) is 1. The van der Waals surface area contributed by atoms with Gasteiger partial charge in [0, 0.05) is 17.7 Å². The standard InChI is InChI=1S/C20H20N2O2/c1-3-14-4-6-16(7-5-14)22-20(23)15(12-21)11-17-8-9-19(24-17)18-10-13(18)2/h4-9,11,13,18H,3,10H2,1-2H3,(H,22,23)/b15-11+/t13-,18+/m1/s1. The minimum Gasteiger partial charge on any atom is -0.461 e. The van der Waals surface area contributed by atoms with Crippen molar-refractivity contribution in [3.8, 4) is 6.07 Å². The first-order valence-corrected chi connectivity index (χ1v) is 8.22. The Hall–Kier alpha value is -2.80. The van der Waals surface area contributed by atoms with Crippen LogP contribution in [0.2, 0.25) is 0 Å². The summed E-state index contributed by atoms with van der Waals surface area (Å²) in [4.78, 5) is 12.3. The molecule has 1 aliphatic rings. The number of furan rings is 1. The monoisotopic (exact) mass is 320 g/mol. The first-order valence-electron chi connectivity index (χ1n) is 8.22. The van der Waals surface area contributed by atoms with E-state index in [9.17, 15) is 10.1 Å². The highest BCUT2D eigenvalue weighted by Crippen LogP contribution is 2.47. The van der Waals surface area contributed by atoms with E-state index < -0.39 is 5.91 Å². The van der Waals surface area contributed by atoms with E-state index in [0.29, 0.717) is 23.3 Å². The number of amides is 1. The van der Waals surface area contributed by atoms with Gasteiger partial charge in [-0.2, -0.15) is 5.26 Å². The lowest BCUT2D eigenvalue weighted by molar-refractivity contribution is -0.112. The van der Waals surface area contributed by atoms with Crippen molar-refractivity contribution in [3.05, 3.63) is 59.1 Å². The van der Waals surface area contributed by atoms with Gasteiger partial charge in [0.05, 0.1) is 0 Å². The van der Waals surface area contributed by atoms with Crippen LogP contribution in [-0.2, 0) is 11.2 Å². The zero-order chi connectivity index (χ0) is 17.1. The van der Waals surface area contributed by atoms with E-state index in [4.69, 9.17) is 4.42 Å². The van der Waals surface area contributed by atoms with Crippen molar-refractivity contribution in [1.82, 2.24) is 0 Å². The van der Waals surface area contributed by atoms with Gasteiger partial charge in [-0.1, -0.05) is 26.0 Å². The average molecular weight is 320 g/mol. The van der Waals surface area contributed by atoms with Crippen molar-refractivity contribution in [2.75, 3.05) is 5.32 Å². The van der Waals surface area contributed by atoms with Crippen LogP contribution in [-0.4, -0.2) is 5.91 Å². The Bertz CT molecular complexity index is 809. The number of carbonyl (C=O) groups is 1. The SMILES string of the molecule is CCc1ccc(NC(=O)/C(C#N)=C/c2ccc([C@H]3C[C@H]3C)o2)cc1. The topological polar surface area (TPSA) is 66.0 Å². The van der Waals surface area contributed by atoms with E-state index in [-0.39, 0.29) is 5.57 Å². The molecule has 2 aromatic rings. The largest absolute Gasteiger partial charge is 0.461 e. The first kappa shape index (κ1) is 16.1. The third-order valence-corrected chi connectivity index (χ3v) is 4.39. The molecule has 122 valence electrons. The number of benzene rings is 1. The summed E-state index contributed by atoms with van der Waals surface area (Å²) in [7, 11) is 0. The summed E-state index contributed by atoms with van der Waals surface area (Å²) in [6.45, 7) is 4.25. The van der Waals surface area contributed by atoms with Gasteiger partial charge in [0.15, 0.2) is 0 Å². The molecule has 1 heterocycles. The third kappa shape index (κ3) is 3.57. The molecule has 1 saturated carbocycles. The number of hydrogen-bond acceptors (Lipinski definition) is 3. The molecule has 4 nitrogen and oxygen atoms in total. The summed E-state index contributed by atoms with van der Waals surface area (Å²) in [5, 5.41) is 12.0. The molecule has 0 aliphatic heterocycles. The van der Waals surface area contributed by atoms with Gasteiger partial charge in [-0.15, -0.1) is 0 Å². The quantitative estimate of drug-likeness (QED) is 0.651. The van der Waals surface area contributed by atoms with Crippen LogP contribution in [0.3, 0.4) is 0 Å². The van der Waals surface area contributed by atoms with Crippen LogP contribution in [0.4, 0.5) is 5.69 Å². The second-order valence-electron chi connectivity index (χ2n) is 6.23. The van der Waals surface area contributed by atoms with Gasteiger partial charge in [-0.05, 0) is 48.6 Å². The Morgan fingerprint density at radius 3 is 2.62 bits per heavy atom. The summed E-state index contributed by atoms with van der Waals surface area (Å²) in [6, 6.07) is 13.3. The Morgan fingerprint density at radius 2 is 2.04 bits per heavy atom. The molecule has 24 heavy (non-hydrogen) atoms. The minimum atomic E-state index is -0.431. The van der Waals surface area contributed by atoms with Crippen molar-refractivity contribution < 1.29 is 9.21 Å². The van der Waals surface area contributed by atoms with E-state index in [2.05, 4.69) is 19.2 Å². The second-order valence-corrected chi connectivity index (χ2v) is 6.23. The molecule has 0 spiro atoms. The molecule has 0 radical (unpaired) electrons. The van der Waals surface area contributed by atoms with Crippen molar-refractivity contribution in [2.24, 2.45) is 5.92 Å². The molecule has 3 rings (SSSR count). The first-order chi connectivity index (χ1) is 11.6. The Kier molecular flexibility index (Phi) is 4.52. The van der Waals surface area contributed by atoms with Gasteiger partial charge < -0.3 is 9.73 Å². The molecule has 1 N–H and O–H groups in total. The highest BCUT2D eigenvalue weighted by Gasteiger charge is 2.36. The Morgan fingerprint density at radius 1 is 1.33 bits per heavy atom. The van der Waals surface area contributed by atoms with Gasteiger partial charge in [0.25, 0.3) is 5.91 Å². The van der Waals surface area contributed by atoms with E-state index in [1.807, 2.05) is 36.4 Å². The predicted octanol–water partition coefficient (Wildman–Crippen LogP) is 4.51. The number of carbonyl (C=O) groups excluding carboxylic acids is 1. The Balaban J connectivity index is 1.71. The zero-order valence-corrected chi connectivity index (χ0v) is 13.9. The third-order valence-electron chi connectivity index (χ3n) is 4.39. The Labute approximate surface area is 141 Å². The molecule has 1 aliphatic carbocycles. The van der Waals surface area contributed by atoms with Gasteiger partial charge in [-0.3, -0.25) is 4.79 Å². The van der Waals surface area contributed by atoms with Crippen molar-refractivity contribution >= 4 is 17.7 Å². The predicted molar refractivity (Wildman–Crippen MR) is 93.3 cm³/mol. The van der Waals surface area contributed by atoms with Gasteiger partial charge in [0.1, 0.15) is 23.2 Å². The van der Waals surface area contributed by atoms with Crippen molar-refractivity contribution in [3.63, 3.8) is 0 Å². The fourth-order valence-electron chi connectivity index (χ4n) is 2.68. The number of nitrogens with zero attached hydrogens (tertiary/aromatic N) is 1. The molecular weight excluding hydrogens is 300 g/mol. The van der Waals surface area contributed by atoms with Crippen molar-refractivity contribution in [2.45, 2.75) is 32.6 Å². The van der Waals surface area contributed by atoms with Crippen LogP contribution in [0.25, 0.3) is 6.08 Å². The smallest absolute Gasteiger partial charge is 0.266 e. The fourth-order valence-corrected chi connectivity index (χ4v) is 2.68. The highest BCUT2D eigenvalue weighted by atomic mass is 16.3. The van der Waals surface area contributed by atoms with Gasteiger partial charge in [0.2, 0.25) is 0 Å². The van der Waals surface area contributed by atoms with Gasteiger partial charge in [-0.25, -0.2) is 0 Å². The van der Waals surface area contributed by atoms with Crippen LogP contribution < -0.4 is 5.32 Å². The number of anilines is 1. The molecule has 0 saturated heterocycles. The maximum Gasteiger partial charge on any atom is 0.266 e. The molecule has 4 heteroatoms. The lowest BCUT2D eigenvalue weighted by Gasteiger charge is -2.05. The summed E-state index contributed by atoms with van der Waals surface area (Å²) < 4.78 is 5.73. The van der Waals surface area contributed by atoms with Gasteiger partial charge >= 0.3 is 0 Å². The second kappa shape index (κ2) is 6.76. The molecule has 0 unspecified atom stereocenters. The summed E-state index contributed by atoms with van der Waals surface area (Å²) in [6.07, 6.45) is 3.57. The molecule has 0 bridgehead atoms. The van der Waals surface area contributed by atoms with E-state index in [1.165, 1.54) is 11.6 Å². The summed E-state index contributed by atoms with van der Waals surface area (Å²) in [5.41, 5.74) is 1.89. The number of rotatable bonds is 5. The summed E-state index contributed by atoms with van der Waals surface area (Å²) >= 11 is 0. The fraction of sp³-hybridized carbons (Fsp3) is 0.300. The molecule has 1 aromatic carbocycles. The lowest BCUT2D eigenvalue weighted by atomic mass is 10.1. The maximum atomic E-state index is 12.3. The van der Waals surface area contributed by atoms with Crippen LogP contribution in [0.15, 0.2) is 46.4 Å². The number of aryl methyl sites for hydroxylation is 1. The van der Waals surface area contributed by atoms with Crippen molar-refractivity contribution in [1.29, 1.82) is 5.26 Å².